The van der Waals surface area contributed by atoms with Crippen molar-refractivity contribution in [2.75, 3.05) is 7.11 Å². The highest BCUT2D eigenvalue weighted by Gasteiger charge is 2.41. The third-order valence-corrected chi connectivity index (χ3v) is 6.99. The molecule has 0 unspecified atom stereocenters. The molecule has 0 aromatic heterocycles. The number of isocyanates is 1. The quantitative estimate of drug-likeness (QED) is 0.365. The van der Waals surface area contributed by atoms with E-state index < -0.39 is 11.1 Å². The van der Waals surface area contributed by atoms with Crippen LogP contribution < -0.4 is 5.73 Å². The van der Waals surface area contributed by atoms with Crippen molar-refractivity contribution in [3.63, 3.8) is 0 Å². The number of hydrogen-bond donors (Lipinski definition) is 1. The maximum atomic E-state index is 11.9. The maximum absolute atomic E-state index is 11.9. The van der Waals surface area contributed by atoms with E-state index in [4.69, 9.17) is 33.7 Å². The van der Waals surface area contributed by atoms with Gasteiger partial charge in [0, 0.05) is 22.0 Å². The molecule has 2 aliphatic carbocycles. The Morgan fingerprint density at radius 1 is 0.971 bits per heavy atom. The third-order valence-electron chi connectivity index (χ3n) is 6.33. The van der Waals surface area contributed by atoms with Gasteiger partial charge in [-0.1, -0.05) is 73.4 Å². The monoisotopic (exact) mass is 502 g/mol. The fourth-order valence-electron chi connectivity index (χ4n) is 4.61. The number of allylic oxidation sites excluding steroid dienone is 1. The molecule has 0 radical (unpaired) electrons. The fraction of sp³-hybridized carbons (Fsp3) is 0.407. The van der Waals surface area contributed by atoms with Crippen molar-refractivity contribution >= 4 is 35.1 Å². The molecule has 0 aliphatic heterocycles. The predicted octanol–water partition coefficient (Wildman–Crippen LogP) is 6.86. The predicted molar refractivity (Wildman–Crippen MR) is 138 cm³/mol. The standard InChI is InChI=1S/C14H14ClNO2.C12H14ClNO.CH4/c1-18-13-8-4-5-9-14(13,16-10-17)11-6-2-3-7-12(11)15;13-10-6-2-1-5-9(10)12(14)8-4-3-7-11(12)15;/h2-3,6-8H,4-5,9H2,1H3;1-2,5-6H,3-4,7-8,14H2;1H4/t14-;12-;/m00./s1. The first-order valence-electron chi connectivity index (χ1n) is 11.0. The highest BCUT2D eigenvalue weighted by Crippen LogP contribution is 2.44. The zero-order valence-electron chi connectivity index (χ0n) is 18.7. The lowest BCUT2D eigenvalue weighted by atomic mass is 9.76. The van der Waals surface area contributed by atoms with Crippen LogP contribution in [-0.4, -0.2) is 19.0 Å². The van der Waals surface area contributed by atoms with E-state index in [-0.39, 0.29) is 13.2 Å². The van der Waals surface area contributed by atoms with Crippen LogP contribution in [0, 0.1) is 0 Å². The van der Waals surface area contributed by atoms with Crippen LogP contribution in [0.4, 0.5) is 0 Å². The van der Waals surface area contributed by atoms with Gasteiger partial charge in [0.25, 0.3) is 0 Å². The Morgan fingerprint density at radius 3 is 2.15 bits per heavy atom. The summed E-state index contributed by atoms with van der Waals surface area (Å²) in [6.07, 6.45) is 9.40. The van der Waals surface area contributed by atoms with Crippen LogP contribution >= 0.6 is 23.2 Å². The van der Waals surface area contributed by atoms with Crippen molar-refractivity contribution in [2.45, 2.75) is 63.5 Å². The van der Waals surface area contributed by atoms with E-state index in [0.29, 0.717) is 35.1 Å². The van der Waals surface area contributed by atoms with Crippen molar-refractivity contribution in [1.82, 2.24) is 0 Å². The molecule has 7 heteroatoms. The number of halogens is 2. The highest BCUT2D eigenvalue weighted by atomic mass is 35.5. The summed E-state index contributed by atoms with van der Waals surface area (Å²) in [6.45, 7) is 0. The molecule has 0 saturated heterocycles. The summed E-state index contributed by atoms with van der Waals surface area (Å²) in [5.41, 5.74) is 6.10. The number of rotatable bonds is 4. The van der Waals surface area contributed by atoms with Gasteiger partial charge in [0.15, 0.2) is 11.3 Å². The molecule has 2 aromatic carbocycles. The number of carbonyl (C=O) groups is 1. The van der Waals surface area contributed by atoms with E-state index in [1.807, 2.05) is 42.5 Å². The number of ketones is 1. The lowest BCUT2D eigenvalue weighted by Crippen LogP contribution is -2.47. The molecule has 2 aliphatic rings. The minimum absolute atomic E-state index is 0. The topological polar surface area (TPSA) is 81.8 Å². The van der Waals surface area contributed by atoms with Crippen molar-refractivity contribution in [3.05, 3.63) is 81.5 Å². The molecule has 1 saturated carbocycles. The zero-order valence-corrected chi connectivity index (χ0v) is 20.2. The summed E-state index contributed by atoms with van der Waals surface area (Å²) < 4.78 is 5.40. The Kier molecular flexibility index (Phi) is 10.1. The first-order valence-corrected chi connectivity index (χ1v) is 11.8. The molecule has 5 nitrogen and oxygen atoms in total. The van der Waals surface area contributed by atoms with Gasteiger partial charge < -0.3 is 10.5 Å². The van der Waals surface area contributed by atoms with Crippen molar-refractivity contribution < 1.29 is 14.3 Å². The zero-order chi connectivity index (χ0) is 23.9. The molecule has 0 amide bonds. The van der Waals surface area contributed by atoms with E-state index >= 15 is 0 Å². The van der Waals surface area contributed by atoms with E-state index in [0.717, 1.165) is 36.8 Å². The number of hydrogen-bond acceptors (Lipinski definition) is 5. The van der Waals surface area contributed by atoms with Crippen LogP contribution in [0.1, 0.15) is 63.5 Å². The summed E-state index contributed by atoms with van der Waals surface area (Å²) >= 11 is 12.3. The molecule has 0 heterocycles. The minimum Gasteiger partial charge on any atom is -0.498 e. The molecule has 182 valence electrons. The van der Waals surface area contributed by atoms with Gasteiger partial charge in [0.2, 0.25) is 6.08 Å². The van der Waals surface area contributed by atoms with Gasteiger partial charge in [-0.3, -0.25) is 4.79 Å². The summed E-state index contributed by atoms with van der Waals surface area (Å²) in [5.74, 6) is 0.784. The normalized spacial score (nSPS) is 23.9. The number of nitrogens with zero attached hydrogens (tertiary/aromatic N) is 1. The summed E-state index contributed by atoms with van der Waals surface area (Å²) in [6, 6.07) is 14.8. The number of ether oxygens (including phenoxy) is 1. The summed E-state index contributed by atoms with van der Waals surface area (Å²) in [4.78, 5) is 26.7. The van der Waals surface area contributed by atoms with Crippen LogP contribution in [0.15, 0.2) is 65.4 Å². The Labute approximate surface area is 212 Å². The van der Waals surface area contributed by atoms with Crippen LogP contribution in [0.5, 0.6) is 0 Å². The van der Waals surface area contributed by atoms with E-state index in [2.05, 4.69) is 4.99 Å². The summed E-state index contributed by atoms with van der Waals surface area (Å²) in [7, 11) is 1.59. The van der Waals surface area contributed by atoms with Gasteiger partial charge in [0.05, 0.1) is 7.11 Å². The Bertz CT molecular complexity index is 1080. The molecular weight excluding hydrogens is 471 g/mol. The van der Waals surface area contributed by atoms with Gasteiger partial charge >= 0.3 is 0 Å². The Balaban J connectivity index is 0.000000237. The molecule has 4 rings (SSSR count). The lowest BCUT2D eigenvalue weighted by Gasteiger charge is -2.33. The second-order valence-electron chi connectivity index (χ2n) is 8.29. The molecule has 34 heavy (non-hydrogen) atoms. The Hall–Kier alpha value is -2.43. The second-order valence-corrected chi connectivity index (χ2v) is 9.10. The van der Waals surface area contributed by atoms with Gasteiger partial charge in [-0.05, 0) is 55.9 Å². The molecule has 1 fully saturated rings. The number of carbonyl (C=O) groups excluding carboxylic acids is 2. The SMILES string of the molecule is C.COC1=CCCC[C@]1(N=C=O)c1ccccc1Cl.N[C@]1(c2ccccc2Cl)CCCCC1=O. The number of nitrogens with two attached hydrogens (primary N) is 1. The van der Waals surface area contributed by atoms with Crippen LogP contribution in [0.25, 0.3) is 0 Å². The van der Waals surface area contributed by atoms with Crippen molar-refractivity contribution in [1.29, 1.82) is 0 Å². The molecule has 2 aromatic rings. The van der Waals surface area contributed by atoms with E-state index in [9.17, 15) is 9.59 Å². The average Bonchev–Trinajstić information content (AvgIpc) is 2.82. The van der Waals surface area contributed by atoms with Crippen molar-refractivity contribution in [2.24, 2.45) is 10.7 Å². The molecule has 2 N–H and O–H groups in total. The Morgan fingerprint density at radius 2 is 1.59 bits per heavy atom. The number of aliphatic imine (C=N–C) groups is 1. The summed E-state index contributed by atoms with van der Waals surface area (Å²) in [5, 5.41) is 1.18. The van der Waals surface area contributed by atoms with E-state index in [1.54, 1.807) is 25.3 Å². The largest absolute Gasteiger partial charge is 0.498 e. The van der Waals surface area contributed by atoms with Gasteiger partial charge in [-0.25, -0.2) is 4.79 Å². The van der Waals surface area contributed by atoms with E-state index in [1.165, 1.54) is 0 Å². The fourth-order valence-corrected chi connectivity index (χ4v) is 5.20. The lowest BCUT2D eigenvalue weighted by molar-refractivity contribution is -0.126. The average molecular weight is 503 g/mol. The first-order chi connectivity index (χ1) is 15.9. The van der Waals surface area contributed by atoms with Gasteiger partial charge in [-0.15, -0.1) is 0 Å². The smallest absolute Gasteiger partial charge is 0.236 e. The van der Waals surface area contributed by atoms with Crippen LogP contribution in [0.3, 0.4) is 0 Å². The second kappa shape index (κ2) is 12.3. The molecule has 0 spiro atoms. The van der Waals surface area contributed by atoms with Gasteiger partial charge in [-0.2, -0.15) is 4.99 Å². The maximum Gasteiger partial charge on any atom is 0.236 e. The molecule has 0 bridgehead atoms. The number of benzene rings is 2. The van der Waals surface area contributed by atoms with Crippen molar-refractivity contribution in [3.8, 4) is 0 Å². The number of methoxy groups -OCH3 is 1. The number of Topliss-reactive ketones (excluding diaryl/α,β-unsaturated/α-hetero) is 1. The molecule has 2 atom stereocenters. The van der Waals surface area contributed by atoms with Crippen LogP contribution in [-0.2, 0) is 25.4 Å². The van der Waals surface area contributed by atoms with Crippen LogP contribution in [0.2, 0.25) is 10.0 Å². The minimum atomic E-state index is -0.851. The molecular formula is C27H32Cl2N2O3. The first kappa shape index (κ1) is 27.8. The van der Waals surface area contributed by atoms with Gasteiger partial charge in [0.1, 0.15) is 11.3 Å². The third kappa shape index (κ3) is 5.61. The highest BCUT2D eigenvalue weighted by molar-refractivity contribution is 6.32.